The predicted molar refractivity (Wildman–Crippen MR) is 138 cm³/mol. The summed E-state index contributed by atoms with van der Waals surface area (Å²) in [4.78, 5) is 29.3. The highest BCUT2D eigenvalue weighted by Crippen LogP contribution is 2.38. The molecule has 0 saturated carbocycles. The van der Waals surface area contributed by atoms with Crippen LogP contribution in [0.2, 0.25) is 0 Å². The summed E-state index contributed by atoms with van der Waals surface area (Å²) >= 11 is 0. The van der Waals surface area contributed by atoms with Gasteiger partial charge >= 0.3 is 0 Å². The minimum absolute atomic E-state index is 0.0500. The van der Waals surface area contributed by atoms with Gasteiger partial charge in [-0.25, -0.2) is 4.39 Å². The summed E-state index contributed by atoms with van der Waals surface area (Å²) < 4.78 is 20.1. The van der Waals surface area contributed by atoms with E-state index >= 15 is 0 Å². The maximum absolute atomic E-state index is 14.2. The Balaban J connectivity index is 1.55. The van der Waals surface area contributed by atoms with Crippen molar-refractivity contribution in [2.45, 2.75) is 39.3 Å². The molecule has 0 aromatic heterocycles. The molecule has 3 aromatic carbocycles. The molecule has 36 heavy (non-hydrogen) atoms. The Bertz CT molecular complexity index is 1210. The van der Waals surface area contributed by atoms with Gasteiger partial charge in [0.15, 0.2) is 6.61 Å². The molecule has 5 nitrogen and oxygen atoms in total. The zero-order valence-corrected chi connectivity index (χ0v) is 21.1. The van der Waals surface area contributed by atoms with Gasteiger partial charge in [-0.3, -0.25) is 9.59 Å². The zero-order valence-electron chi connectivity index (χ0n) is 21.1. The fraction of sp³-hybridized carbons (Fsp3) is 0.333. The van der Waals surface area contributed by atoms with Gasteiger partial charge in [0.25, 0.3) is 5.91 Å². The van der Waals surface area contributed by atoms with Crippen molar-refractivity contribution in [2.24, 2.45) is 5.92 Å². The average Bonchev–Trinajstić information content (AvgIpc) is 2.86. The van der Waals surface area contributed by atoms with E-state index in [2.05, 4.69) is 0 Å². The maximum atomic E-state index is 14.2. The molecule has 0 saturated heterocycles. The van der Waals surface area contributed by atoms with Gasteiger partial charge in [-0.15, -0.1) is 0 Å². The van der Waals surface area contributed by atoms with Crippen LogP contribution in [0, 0.1) is 11.7 Å². The van der Waals surface area contributed by atoms with E-state index in [0.717, 1.165) is 22.3 Å². The zero-order chi connectivity index (χ0) is 25.7. The monoisotopic (exact) mass is 488 g/mol. The molecule has 3 aromatic rings. The van der Waals surface area contributed by atoms with Crippen molar-refractivity contribution in [3.63, 3.8) is 0 Å². The molecule has 0 aliphatic carbocycles. The molecule has 1 aliphatic rings. The van der Waals surface area contributed by atoms with Crippen LogP contribution in [0.3, 0.4) is 0 Å². The van der Waals surface area contributed by atoms with Crippen LogP contribution in [0.5, 0.6) is 5.75 Å². The molecule has 0 spiro atoms. The normalized spacial score (nSPS) is 14.9. The molecule has 0 radical (unpaired) electrons. The first-order valence-corrected chi connectivity index (χ1v) is 12.4. The van der Waals surface area contributed by atoms with Gasteiger partial charge in [0.1, 0.15) is 11.6 Å². The smallest absolute Gasteiger partial charge is 0.260 e. The number of halogens is 1. The quantitative estimate of drug-likeness (QED) is 0.428. The average molecular weight is 489 g/mol. The van der Waals surface area contributed by atoms with Crippen LogP contribution in [0.15, 0.2) is 72.8 Å². The Morgan fingerprint density at radius 1 is 1.06 bits per heavy atom. The van der Waals surface area contributed by atoms with Crippen LogP contribution in [0.1, 0.15) is 48.6 Å². The largest absolute Gasteiger partial charge is 0.484 e. The summed E-state index contributed by atoms with van der Waals surface area (Å²) in [7, 11) is 1.75. The molecule has 0 fully saturated rings. The molecule has 1 unspecified atom stereocenters. The number of benzene rings is 3. The summed E-state index contributed by atoms with van der Waals surface area (Å²) in [6.07, 6.45) is 1.14. The number of ether oxygens (including phenoxy) is 1. The molecule has 4 rings (SSSR count). The van der Waals surface area contributed by atoms with E-state index in [4.69, 9.17) is 4.74 Å². The molecule has 1 aliphatic heterocycles. The molecule has 1 heterocycles. The molecular formula is C30H33FN2O3. The van der Waals surface area contributed by atoms with E-state index < -0.39 is 6.04 Å². The summed E-state index contributed by atoms with van der Waals surface area (Å²) in [6, 6.07) is 21.6. The van der Waals surface area contributed by atoms with Gasteiger partial charge in [-0.2, -0.15) is 0 Å². The van der Waals surface area contributed by atoms with Gasteiger partial charge in [0.05, 0.1) is 6.04 Å². The van der Waals surface area contributed by atoms with Crippen molar-refractivity contribution >= 4 is 11.8 Å². The highest BCUT2D eigenvalue weighted by atomic mass is 19.1. The Kier molecular flexibility index (Phi) is 8.04. The Hall–Kier alpha value is -3.67. The second-order valence-corrected chi connectivity index (χ2v) is 9.78. The SMILES string of the molecule is CC(C)CC(=O)N1CCc2ccc(OCC(=O)N(C)Cc3ccccc3)cc2C1c1cccc(F)c1. The number of nitrogens with zero attached hydrogens (tertiary/aromatic N) is 2. The predicted octanol–water partition coefficient (Wildman–Crippen LogP) is 5.38. The lowest BCUT2D eigenvalue weighted by Crippen LogP contribution is -2.41. The van der Waals surface area contributed by atoms with Crippen molar-refractivity contribution in [1.29, 1.82) is 0 Å². The number of amides is 2. The van der Waals surface area contributed by atoms with Crippen LogP contribution in [0.4, 0.5) is 4.39 Å². The van der Waals surface area contributed by atoms with E-state index in [-0.39, 0.29) is 30.2 Å². The number of fused-ring (bicyclic) bond motifs is 1. The molecule has 6 heteroatoms. The number of hydrogen-bond acceptors (Lipinski definition) is 3. The molecular weight excluding hydrogens is 455 g/mol. The maximum Gasteiger partial charge on any atom is 0.260 e. The highest BCUT2D eigenvalue weighted by molar-refractivity contribution is 5.78. The Morgan fingerprint density at radius 3 is 2.56 bits per heavy atom. The lowest BCUT2D eigenvalue weighted by Gasteiger charge is -2.38. The van der Waals surface area contributed by atoms with Crippen molar-refractivity contribution in [2.75, 3.05) is 20.2 Å². The lowest BCUT2D eigenvalue weighted by atomic mass is 9.87. The fourth-order valence-electron chi connectivity index (χ4n) is 4.65. The summed E-state index contributed by atoms with van der Waals surface area (Å²) in [5, 5.41) is 0. The molecule has 1 atom stereocenters. The number of rotatable bonds is 8. The van der Waals surface area contributed by atoms with Crippen molar-refractivity contribution < 1.29 is 18.7 Å². The number of likely N-dealkylation sites (N-methyl/N-ethyl adjacent to an activating group) is 1. The molecule has 0 N–H and O–H groups in total. The van der Waals surface area contributed by atoms with E-state index in [0.29, 0.717) is 31.7 Å². The van der Waals surface area contributed by atoms with Crippen LogP contribution < -0.4 is 4.74 Å². The van der Waals surface area contributed by atoms with E-state index in [1.165, 1.54) is 12.1 Å². The van der Waals surface area contributed by atoms with Crippen molar-refractivity contribution in [3.05, 3.63) is 101 Å². The van der Waals surface area contributed by atoms with Gasteiger partial charge in [-0.05, 0) is 58.9 Å². The first-order valence-electron chi connectivity index (χ1n) is 12.4. The number of carbonyl (C=O) groups excluding carboxylic acids is 2. The van der Waals surface area contributed by atoms with Crippen LogP contribution in [-0.2, 0) is 22.6 Å². The minimum atomic E-state index is -0.407. The summed E-state index contributed by atoms with van der Waals surface area (Å²) in [5.41, 5.74) is 3.78. The fourth-order valence-corrected chi connectivity index (χ4v) is 4.65. The third-order valence-electron chi connectivity index (χ3n) is 6.46. The Labute approximate surface area is 212 Å². The van der Waals surface area contributed by atoms with Gasteiger partial charge in [0.2, 0.25) is 5.91 Å². The third kappa shape index (κ3) is 6.11. The Morgan fingerprint density at radius 2 is 1.83 bits per heavy atom. The molecule has 2 amide bonds. The van der Waals surface area contributed by atoms with Crippen LogP contribution in [-0.4, -0.2) is 41.8 Å². The van der Waals surface area contributed by atoms with E-state index in [1.54, 1.807) is 18.0 Å². The number of carbonyl (C=O) groups is 2. The third-order valence-corrected chi connectivity index (χ3v) is 6.46. The van der Waals surface area contributed by atoms with Gasteiger partial charge in [0, 0.05) is 26.6 Å². The molecule has 188 valence electrons. The highest BCUT2D eigenvalue weighted by Gasteiger charge is 2.32. The van der Waals surface area contributed by atoms with Gasteiger partial charge < -0.3 is 14.5 Å². The van der Waals surface area contributed by atoms with Crippen LogP contribution >= 0.6 is 0 Å². The first-order chi connectivity index (χ1) is 17.3. The number of hydrogen-bond donors (Lipinski definition) is 0. The topological polar surface area (TPSA) is 49.9 Å². The van der Waals surface area contributed by atoms with Crippen molar-refractivity contribution in [1.82, 2.24) is 9.80 Å². The lowest BCUT2D eigenvalue weighted by molar-refractivity contribution is -0.134. The summed E-state index contributed by atoms with van der Waals surface area (Å²) in [5.74, 6) is 0.353. The minimum Gasteiger partial charge on any atom is -0.484 e. The standard InChI is InChI=1S/C30H33FN2O3/c1-21(2)16-28(34)33-15-14-23-12-13-26(18-27(23)30(33)24-10-7-11-25(31)17-24)36-20-29(35)32(3)19-22-8-5-4-6-9-22/h4-13,17-18,21,30H,14-16,19-20H2,1-3H3. The van der Waals surface area contributed by atoms with E-state index in [1.807, 2.05) is 73.3 Å². The van der Waals surface area contributed by atoms with Gasteiger partial charge in [-0.1, -0.05) is 62.4 Å². The second kappa shape index (κ2) is 11.4. The second-order valence-electron chi connectivity index (χ2n) is 9.78. The van der Waals surface area contributed by atoms with Crippen molar-refractivity contribution in [3.8, 4) is 5.75 Å². The summed E-state index contributed by atoms with van der Waals surface area (Å²) in [6.45, 7) is 5.02. The molecule has 0 bridgehead atoms. The van der Waals surface area contributed by atoms with Crippen LogP contribution in [0.25, 0.3) is 0 Å². The van der Waals surface area contributed by atoms with E-state index in [9.17, 15) is 14.0 Å². The first kappa shape index (κ1) is 25.4.